The predicted octanol–water partition coefficient (Wildman–Crippen LogP) is 4.16. The summed E-state index contributed by atoms with van der Waals surface area (Å²) in [6, 6.07) is 12.2. The van der Waals surface area contributed by atoms with Gasteiger partial charge in [0.1, 0.15) is 5.56 Å². The van der Waals surface area contributed by atoms with Crippen LogP contribution >= 0.6 is 11.8 Å². The number of carbonyl (C=O) groups is 1. The van der Waals surface area contributed by atoms with Gasteiger partial charge in [-0.25, -0.2) is 4.79 Å². The monoisotopic (exact) mass is 313 g/mol. The molecule has 0 radical (unpaired) electrons. The molecule has 0 amide bonds. The molecule has 2 aromatic rings. The summed E-state index contributed by atoms with van der Waals surface area (Å²) in [4.78, 5) is 23.4. The van der Waals surface area contributed by atoms with Crippen molar-refractivity contribution >= 4 is 29.2 Å². The highest BCUT2D eigenvalue weighted by molar-refractivity contribution is 8.02. The van der Waals surface area contributed by atoms with Crippen molar-refractivity contribution in [2.75, 3.05) is 0 Å². The Labute approximate surface area is 130 Å². The Morgan fingerprint density at radius 2 is 1.91 bits per heavy atom. The molecule has 1 aliphatic rings. The van der Waals surface area contributed by atoms with Gasteiger partial charge in [-0.15, -0.1) is 0 Å². The number of benzene rings is 2. The first-order valence-corrected chi connectivity index (χ1v) is 7.37. The number of hydrogen-bond acceptors (Lipinski definition) is 5. The maximum Gasteiger partial charge on any atom is 0.344 e. The Hall–Kier alpha value is -2.60. The van der Waals surface area contributed by atoms with Crippen LogP contribution in [-0.4, -0.2) is 10.9 Å². The number of hydrogen-bond donors (Lipinski definition) is 0. The van der Waals surface area contributed by atoms with Crippen molar-refractivity contribution in [2.45, 2.75) is 11.8 Å². The quantitative estimate of drug-likeness (QED) is 0.368. The summed E-state index contributed by atoms with van der Waals surface area (Å²) >= 11 is 1.35. The summed E-state index contributed by atoms with van der Waals surface area (Å²) < 4.78 is 5.16. The second-order valence-corrected chi connectivity index (χ2v) is 5.70. The second kappa shape index (κ2) is 5.65. The van der Waals surface area contributed by atoms with E-state index in [0.29, 0.717) is 0 Å². The van der Waals surface area contributed by atoms with E-state index in [4.69, 9.17) is 4.74 Å². The minimum Gasteiger partial charge on any atom is -0.421 e. The van der Waals surface area contributed by atoms with Crippen LogP contribution < -0.4 is 0 Å². The van der Waals surface area contributed by atoms with Gasteiger partial charge in [0.15, 0.2) is 5.76 Å². The number of aryl methyl sites for hydroxylation is 1. The van der Waals surface area contributed by atoms with Gasteiger partial charge in [-0.3, -0.25) is 10.1 Å². The Morgan fingerprint density at radius 3 is 2.59 bits per heavy atom. The van der Waals surface area contributed by atoms with Crippen molar-refractivity contribution in [1.82, 2.24) is 0 Å². The van der Waals surface area contributed by atoms with Crippen LogP contribution in [0.4, 0.5) is 5.69 Å². The summed E-state index contributed by atoms with van der Waals surface area (Å²) in [5, 5.41) is 12.8. The molecule has 0 bridgehead atoms. The lowest BCUT2D eigenvalue weighted by molar-refractivity contribution is -0.385. The van der Waals surface area contributed by atoms with Gasteiger partial charge in [0, 0.05) is 16.4 Å². The van der Waals surface area contributed by atoms with Gasteiger partial charge in [-0.05, 0) is 25.1 Å². The second-order valence-electron chi connectivity index (χ2n) is 4.76. The zero-order chi connectivity index (χ0) is 15.7. The average molecular weight is 313 g/mol. The number of nitro benzene ring substituents is 1. The van der Waals surface area contributed by atoms with Gasteiger partial charge in [0.05, 0.1) is 10.5 Å². The predicted molar refractivity (Wildman–Crippen MR) is 83.5 cm³/mol. The molecule has 0 aliphatic carbocycles. The number of nitrogens with zero attached hydrogens (tertiary/aromatic N) is 1. The fourth-order valence-corrected chi connectivity index (χ4v) is 2.85. The molecular formula is C16H11NO4S. The smallest absolute Gasteiger partial charge is 0.344 e. The molecule has 0 unspecified atom stereocenters. The van der Waals surface area contributed by atoms with E-state index in [2.05, 4.69) is 0 Å². The van der Waals surface area contributed by atoms with Crippen LogP contribution in [0, 0.1) is 17.0 Å². The minimum atomic E-state index is -0.561. The highest BCUT2D eigenvalue weighted by atomic mass is 32.2. The SMILES string of the molecule is Cc1ccc(SC=C2OC(=O)c3cccc([N+](=O)[O-])c32)cc1. The summed E-state index contributed by atoms with van der Waals surface area (Å²) in [7, 11) is 0. The average Bonchev–Trinajstić information content (AvgIpc) is 2.83. The summed E-state index contributed by atoms with van der Waals surface area (Å²) in [5.41, 5.74) is 1.49. The van der Waals surface area contributed by atoms with Crippen molar-refractivity contribution in [2.24, 2.45) is 0 Å². The molecule has 0 saturated carbocycles. The molecule has 1 heterocycles. The van der Waals surface area contributed by atoms with E-state index >= 15 is 0 Å². The first kappa shape index (κ1) is 14.3. The molecule has 0 atom stereocenters. The van der Waals surface area contributed by atoms with Gasteiger partial charge in [0.25, 0.3) is 5.69 Å². The van der Waals surface area contributed by atoms with Crippen LogP contribution in [0.2, 0.25) is 0 Å². The summed E-state index contributed by atoms with van der Waals surface area (Å²) in [5.74, 6) is -0.340. The molecule has 0 fully saturated rings. The van der Waals surface area contributed by atoms with E-state index in [-0.39, 0.29) is 22.6 Å². The van der Waals surface area contributed by atoms with Gasteiger partial charge in [-0.1, -0.05) is 35.5 Å². The highest BCUT2D eigenvalue weighted by Crippen LogP contribution is 2.38. The largest absolute Gasteiger partial charge is 0.421 e. The van der Waals surface area contributed by atoms with Gasteiger partial charge in [-0.2, -0.15) is 0 Å². The molecule has 22 heavy (non-hydrogen) atoms. The topological polar surface area (TPSA) is 69.4 Å². The minimum absolute atomic E-state index is 0.126. The first-order chi connectivity index (χ1) is 10.6. The number of fused-ring (bicyclic) bond motifs is 1. The highest BCUT2D eigenvalue weighted by Gasteiger charge is 2.33. The molecule has 0 aromatic heterocycles. The Balaban J connectivity index is 1.98. The van der Waals surface area contributed by atoms with E-state index < -0.39 is 10.9 Å². The van der Waals surface area contributed by atoms with Crippen LogP contribution in [0.15, 0.2) is 52.8 Å². The van der Waals surface area contributed by atoms with Gasteiger partial charge < -0.3 is 4.74 Å². The molecule has 1 aliphatic heterocycles. The summed E-state index contributed by atoms with van der Waals surface area (Å²) in [6.07, 6.45) is 0. The van der Waals surface area contributed by atoms with Crippen LogP contribution in [0.25, 0.3) is 5.76 Å². The molecule has 3 rings (SSSR count). The third kappa shape index (κ3) is 2.60. The lowest BCUT2D eigenvalue weighted by Gasteiger charge is -2.01. The fraction of sp³-hybridized carbons (Fsp3) is 0.0625. The number of ether oxygens (including phenoxy) is 1. The molecule has 0 spiro atoms. The first-order valence-electron chi connectivity index (χ1n) is 6.50. The lowest BCUT2D eigenvalue weighted by Crippen LogP contribution is -1.95. The maximum absolute atomic E-state index is 11.8. The van der Waals surface area contributed by atoms with Crippen LogP contribution in [0.1, 0.15) is 21.5 Å². The third-order valence-corrected chi connectivity index (χ3v) is 4.11. The van der Waals surface area contributed by atoms with E-state index in [0.717, 1.165) is 10.5 Å². The molecule has 5 nitrogen and oxygen atoms in total. The van der Waals surface area contributed by atoms with E-state index in [1.54, 1.807) is 5.41 Å². The maximum atomic E-state index is 11.8. The van der Waals surface area contributed by atoms with E-state index in [1.807, 2.05) is 31.2 Å². The lowest BCUT2D eigenvalue weighted by atomic mass is 10.1. The summed E-state index contributed by atoms with van der Waals surface area (Å²) in [6.45, 7) is 1.99. The molecular weight excluding hydrogens is 302 g/mol. The Kier molecular flexibility index (Phi) is 3.68. The Bertz CT molecular complexity index is 796. The molecule has 0 N–H and O–H groups in total. The van der Waals surface area contributed by atoms with Crippen molar-refractivity contribution < 1.29 is 14.5 Å². The van der Waals surface area contributed by atoms with Gasteiger partial charge in [0.2, 0.25) is 0 Å². The number of cyclic esters (lactones) is 1. The fourth-order valence-electron chi connectivity index (χ4n) is 2.15. The van der Waals surface area contributed by atoms with Crippen molar-refractivity contribution in [3.8, 4) is 0 Å². The van der Waals surface area contributed by atoms with E-state index in [1.165, 1.54) is 30.0 Å². The molecule has 110 valence electrons. The number of nitro groups is 1. The number of thioether (sulfide) groups is 1. The van der Waals surface area contributed by atoms with Crippen LogP contribution in [-0.2, 0) is 4.74 Å². The van der Waals surface area contributed by atoms with Crippen LogP contribution in [0.5, 0.6) is 0 Å². The van der Waals surface area contributed by atoms with Crippen molar-refractivity contribution in [3.05, 3.63) is 74.7 Å². The zero-order valence-electron chi connectivity index (χ0n) is 11.6. The van der Waals surface area contributed by atoms with Crippen LogP contribution in [0.3, 0.4) is 0 Å². The molecule has 2 aromatic carbocycles. The third-order valence-electron chi connectivity index (χ3n) is 3.23. The standard InChI is InChI=1S/C16H11NO4S/c1-10-5-7-11(8-6-10)22-9-14-15-12(16(18)21-14)3-2-4-13(15)17(19)20/h2-9H,1H3. The Morgan fingerprint density at radius 1 is 1.18 bits per heavy atom. The number of carbonyl (C=O) groups excluding carboxylic acids is 1. The molecule has 0 saturated heterocycles. The van der Waals surface area contributed by atoms with Crippen molar-refractivity contribution in [3.63, 3.8) is 0 Å². The van der Waals surface area contributed by atoms with Gasteiger partial charge >= 0.3 is 5.97 Å². The van der Waals surface area contributed by atoms with Crippen molar-refractivity contribution in [1.29, 1.82) is 0 Å². The number of rotatable bonds is 3. The normalized spacial score (nSPS) is 14.8. The number of esters is 1. The molecule has 6 heteroatoms. The van der Waals surface area contributed by atoms with E-state index in [9.17, 15) is 14.9 Å². The zero-order valence-corrected chi connectivity index (χ0v) is 12.4.